The molecular weight excluding hydrogens is 249 g/mol. The third-order valence-corrected chi connectivity index (χ3v) is 2.53. The number of hydrogen-bond acceptors (Lipinski definition) is 2. The predicted molar refractivity (Wildman–Crippen MR) is 71.3 cm³/mol. The maximum Gasteiger partial charge on any atom is 0.303 e. The second-order valence-corrected chi connectivity index (χ2v) is 4.19. The lowest BCUT2D eigenvalue weighted by molar-refractivity contribution is -0.136. The van der Waals surface area contributed by atoms with E-state index < -0.39 is 11.8 Å². The Morgan fingerprint density at radius 1 is 1.42 bits per heavy atom. The zero-order valence-electron chi connectivity index (χ0n) is 10.9. The van der Waals surface area contributed by atoms with Crippen LogP contribution in [0, 0.1) is 12.7 Å². The molecule has 0 heterocycles. The number of benzene rings is 1. The average Bonchev–Trinajstić information content (AvgIpc) is 2.29. The smallest absolute Gasteiger partial charge is 0.303 e. The maximum absolute atomic E-state index is 13.6. The van der Waals surface area contributed by atoms with Crippen molar-refractivity contribution in [2.45, 2.75) is 26.7 Å². The van der Waals surface area contributed by atoms with Gasteiger partial charge in [-0.25, -0.2) is 4.39 Å². The zero-order valence-corrected chi connectivity index (χ0v) is 10.9. The van der Waals surface area contributed by atoms with E-state index in [9.17, 15) is 14.0 Å². The Labute approximate surface area is 110 Å². The monoisotopic (exact) mass is 265 g/mol. The second-order valence-electron chi connectivity index (χ2n) is 4.19. The summed E-state index contributed by atoms with van der Waals surface area (Å²) >= 11 is 0. The molecule has 0 bridgehead atoms. The number of carboxylic acids is 1. The molecule has 19 heavy (non-hydrogen) atoms. The molecule has 0 aliphatic rings. The first-order valence-corrected chi connectivity index (χ1v) is 5.86. The van der Waals surface area contributed by atoms with Crippen LogP contribution in [0.4, 0.5) is 10.1 Å². The SMILES string of the molecule is CC(=O)Nc1cc(F)c(C)c(C=CCCC(=O)O)c1. The molecule has 0 aliphatic carbocycles. The summed E-state index contributed by atoms with van der Waals surface area (Å²) in [7, 11) is 0. The van der Waals surface area contributed by atoms with Crippen LogP contribution in [0.2, 0.25) is 0 Å². The first-order valence-electron chi connectivity index (χ1n) is 5.86. The number of amides is 1. The first kappa shape index (κ1) is 14.9. The van der Waals surface area contributed by atoms with Gasteiger partial charge in [0.05, 0.1) is 0 Å². The van der Waals surface area contributed by atoms with E-state index in [1.54, 1.807) is 25.1 Å². The van der Waals surface area contributed by atoms with Crippen LogP contribution in [0.1, 0.15) is 30.9 Å². The highest BCUT2D eigenvalue weighted by atomic mass is 19.1. The van der Waals surface area contributed by atoms with Gasteiger partial charge in [0.25, 0.3) is 0 Å². The lowest BCUT2D eigenvalue weighted by atomic mass is 10.1. The summed E-state index contributed by atoms with van der Waals surface area (Å²) in [5.74, 6) is -1.56. The van der Waals surface area contributed by atoms with Crippen molar-refractivity contribution < 1.29 is 19.1 Å². The van der Waals surface area contributed by atoms with E-state index in [-0.39, 0.29) is 12.3 Å². The fraction of sp³-hybridized carbons (Fsp3) is 0.286. The summed E-state index contributed by atoms with van der Waals surface area (Å²) in [6, 6.07) is 2.91. The van der Waals surface area contributed by atoms with Crippen LogP contribution in [0.5, 0.6) is 0 Å². The van der Waals surface area contributed by atoms with Gasteiger partial charge < -0.3 is 10.4 Å². The third-order valence-electron chi connectivity index (χ3n) is 2.53. The van der Waals surface area contributed by atoms with Crippen LogP contribution in [0.15, 0.2) is 18.2 Å². The summed E-state index contributed by atoms with van der Waals surface area (Å²) in [5.41, 5.74) is 1.46. The molecule has 0 aliphatic heterocycles. The van der Waals surface area contributed by atoms with E-state index in [1.165, 1.54) is 13.0 Å². The highest BCUT2D eigenvalue weighted by molar-refractivity contribution is 5.89. The number of carboxylic acid groups (broad SMARTS) is 1. The minimum Gasteiger partial charge on any atom is -0.481 e. The Hall–Kier alpha value is -2.17. The van der Waals surface area contributed by atoms with Gasteiger partial charge in [0.1, 0.15) is 5.82 Å². The zero-order chi connectivity index (χ0) is 14.4. The van der Waals surface area contributed by atoms with E-state index in [1.807, 2.05) is 0 Å². The minimum atomic E-state index is -0.875. The highest BCUT2D eigenvalue weighted by Gasteiger charge is 2.06. The average molecular weight is 265 g/mol. The maximum atomic E-state index is 13.6. The Morgan fingerprint density at radius 2 is 2.11 bits per heavy atom. The summed E-state index contributed by atoms with van der Waals surface area (Å²) in [6.45, 7) is 2.98. The minimum absolute atomic E-state index is 0.0312. The molecule has 1 aromatic rings. The molecule has 0 spiro atoms. The topological polar surface area (TPSA) is 66.4 Å². The largest absolute Gasteiger partial charge is 0.481 e. The number of allylic oxidation sites excluding steroid dienone is 1. The normalized spacial score (nSPS) is 10.7. The van der Waals surface area contributed by atoms with Crippen molar-refractivity contribution in [3.63, 3.8) is 0 Å². The van der Waals surface area contributed by atoms with E-state index >= 15 is 0 Å². The number of carbonyl (C=O) groups is 2. The third kappa shape index (κ3) is 4.91. The Balaban J connectivity index is 2.89. The van der Waals surface area contributed by atoms with Crippen molar-refractivity contribution in [1.82, 2.24) is 0 Å². The summed E-state index contributed by atoms with van der Waals surface area (Å²) < 4.78 is 13.6. The van der Waals surface area contributed by atoms with Gasteiger partial charge in [0, 0.05) is 19.0 Å². The standard InChI is InChI=1S/C14H16FNO3/c1-9-11(5-3-4-6-14(18)19)7-12(8-13(9)15)16-10(2)17/h3,5,7-8H,4,6H2,1-2H3,(H,16,17)(H,18,19). The van der Waals surface area contributed by atoms with Gasteiger partial charge in [-0.05, 0) is 36.6 Å². The van der Waals surface area contributed by atoms with Gasteiger partial charge in [-0.15, -0.1) is 0 Å². The molecule has 0 saturated carbocycles. The number of hydrogen-bond donors (Lipinski definition) is 2. The molecule has 102 valence electrons. The molecular formula is C14H16FNO3. The number of halogens is 1. The first-order chi connectivity index (χ1) is 8.90. The van der Waals surface area contributed by atoms with Crippen molar-refractivity contribution in [1.29, 1.82) is 0 Å². The molecule has 0 aromatic heterocycles. The van der Waals surface area contributed by atoms with E-state index in [0.29, 0.717) is 23.2 Å². The van der Waals surface area contributed by atoms with Crippen molar-refractivity contribution in [3.05, 3.63) is 35.2 Å². The fourth-order valence-electron chi connectivity index (χ4n) is 1.57. The molecule has 1 aromatic carbocycles. The quantitative estimate of drug-likeness (QED) is 0.860. The van der Waals surface area contributed by atoms with Crippen LogP contribution in [-0.4, -0.2) is 17.0 Å². The van der Waals surface area contributed by atoms with Gasteiger partial charge in [0.15, 0.2) is 0 Å². The lowest BCUT2D eigenvalue weighted by Crippen LogP contribution is -2.06. The van der Waals surface area contributed by atoms with Crippen LogP contribution in [-0.2, 0) is 9.59 Å². The van der Waals surface area contributed by atoms with E-state index in [4.69, 9.17) is 5.11 Å². The summed E-state index contributed by atoms with van der Waals surface area (Å²) in [5, 5.41) is 11.0. The number of anilines is 1. The van der Waals surface area contributed by atoms with Gasteiger partial charge in [-0.1, -0.05) is 12.2 Å². The summed E-state index contributed by atoms with van der Waals surface area (Å²) in [6.07, 6.45) is 3.74. The van der Waals surface area contributed by atoms with Crippen molar-refractivity contribution >= 4 is 23.6 Å². The predicted octanol–water partition coefficient (Wildman–Crippen LogP) is 2.97. The number of nitrogens with one attached hydrogen (secondary N) is 1. The van der Waals surface area contributed by atoms with Crippen molar-refractivity contribution in [3.8, 4) is 0 Å². The molecule has 0 unspecified atom stereocenters. The molecule has 2 N–H and O–H groups in total. The number of rotatable bonds is 5. The van der Waals surface area contributed by atoms with Crippen molar-refractivity contribution in [2.75, 3.05) is 5.32 Å². The van der Waals surface area contributed by atoms with E-state index in [0.717, 1.165) is 0 Å². The number of carbonyl (C=O) groups excluding carboxylic acids is 1. The van der Waals surface area contributed by atoms with Crippen LogP contribution >= 0.6 is 0 Å². The highest BCUT2D eigenvalue weighted by Crippen LogP contribution is 2.21. The molecule has 5 heteroatoms. The van der Waals surface area contributed by atoms with Gasteiger partial charge in [0.2, 0.25) is 5.91 Å². The Morgan fingerprint density at radius 3 is 2.68 bits per heavy atom. The van der Waals surface area contributed by atoms with Crippen LogP contribution in [0.25, 0.3) is 6.08 Å². The molecule has 0 atom stereocenters. The molecule has 1 rings (SSSR count). The Kier molecular flexibility index (Phi) is 5.23. The van der Waals surface area contributed by atoms with E-state index in [2.05, 4.69) is 5.32 Å². The van der Waals surface area contributed by atoms with Crippen molar-refractivity contribution in [2.24, 2.45) is 0 Å². The second kappa shape index (κ2) is 6.68. The number of aliphatic carboxylic acids is 1. The lowest BCUT2D eigenvalue weighted by Gasteiger charge is -2.07. The molecule has 1 amide bonds. The molecule has 4 nitrogen and oxygen atoms in total. The molecule has 0 radical (unpaired) electrons. The van der Waals surface area contributed by atoms with Gasteiger partial charge in [-0.2, -0.15) is 0 Å². The van der Waals surface area contributed by atoms with Gasteiger partial charge >= 0.3 is 5.97 Å². The summed E-state index contributed by atoms with van der Waals surface area (Å²) in [4.78, 5) is 21.3. The van der Waals surface area contributed by atoms with Gasteiger partial charge in [-0.3, -0.25) is 9.59 Å². The fourth-order valence-corrected chi connectivity index (χ4v) is 1.57. The molecule has 0 saturated heterocycles. The molecule has 0 fully saturated rings. The van der Waals surface area contributed by atoms with Crippen LogP contribution in [0.3, 0.4) is 0 Å². The Bertz CT molecular complexity index is 524. The van der Waals surface area contributed by atoms with Crippen LogP contribution < -0.4 is 5.32 Å².